The first-order valence-electron chi connectivity index (χ1n) is 9.04. The Morgan fingerprint density at radius 1 is 1.04 bits per heavy atom. The van der Waals surface area contributed by atoms with Gasteiger partial charge < -0.3 is 10.2 Å². The zero-order valence-corrected chi connectivity index (χ0v) is 15.6. The predicted octanol–water partition coefficient (Wildman–Crippen LogP) is 2.29. The van der Waals surface area contributed by atoms with Gasteiger partial charge in [-0.2, -0.15) is 0 Å². The zero-order chi connectivity index (χ0) is 17.9. The van der Waals surface area contributed by atoms with E-state index in [9.17, 15) is 13.2 Å². The Kier molecular flexibility index (Phi) is 5.64. The maximum Gasteiger partial charge on any atom is 0.228 e. The molecule has 1 aromatic carbocycles. The molecule has 0 radical (unpaired) electrons. The molecule has 0 spiro atoms. The molecular formula is C18H27N3O3S. The number of piperidine rings is 2. The summed E-state index contributed by atoms with van der Waals surface area (Å²) in [7, 11) is -3.24. The zero-order valence-electron chi connectivity index (χ0n) is 14.8. The van der Waals surface area contributed by atoms with Crippen molar-refractivity contribution < 1.29 is 13.2 Å². The first-order chi connectivity index (χ1) is 11.9. The third-order valence-electron chi connectivity index (χ3n) is 5.08. The highest BCUT2D eigenvalue weighted by Gasteiger charge is 2.30. The summed E-state index contributed by atoms with van der Waals surface area (Å²) in [6, 6.07) is 7.95. The van der Waals surface area contributed by atoms with E-state index < -0.39 is 10.0 Å². The van der Waals surface area contributed by atoms with Gasteiger partial charge in [-0.3, -0.25) is 4.79 Å². The fourth-order valence-corrected chi connectivity index (χ4v) is 4.52. The Morgan fingerprint density at radius 2 is 1.72 bits per heavy atom. The molecule has 2 fully saturated rings. The van der Waals surface area contributed by atoms with Crippen LogP contribution in [0.15, 0.2) is 24.3 Å². The van der Waals surface area contributed by atoms with Crippen LogP contribution in [0.2, 0.25) is 0 Å². The van der Waals surface area contributed by atoms with Gasteiger partial charge in [-0.05, 0) is 56.4 Å². The van der Waals surface area contributed by atoms with Crippen molar-refractivity contribution in [2.24, 2.45) is 5.92 Å². The van der Waals surface area contributed by atoms with E-state index in [0.717, 1.165) is 31.6 Å². The van der Waals surface area contributed by atoms with E-state index in [-0.39, 0.29) is 18.4 Å². The van der Waals surface area contributed by atoms with Gasteiger partial charge in [0.05, 0.1) is 12.2 Å². The van der Waals surface area contributed by atoms with Crippen LogP contribution in [-0.2, 0) is 14.8 Å². The van der Waals surface area contributed by atoms with Gasteiger partial charge in [0.15, 0.2) is 0 Å². The van der Waals surface area contributed by atoms with Crippen LogP contribution in [-0.4, -0.2) is 51.1 Å². The third-order valence-corrected chi connectivity index (χ3v) is 6.35. The minimum Gasteiger partial charge on any atom is -0.372 e. The highest BCUT2D eigenvalue weighted by Crippen LogP contribution is 2.24. The molecule has 0 unspecified atom stereocenters. The van der Waals surface area contributed by atoms with Gasteiger partial charge in [0.25, 0.3) is 0 Å². The average molecular weight is 365 g/mol. The van der Waals surface area contributed by atoms with Crippen LogP contribution in [0, 0.1) is 5.92 Å². The molecule has 1 atom stereocenters. The summed E-state index contributed by atoms with van der Waals surface area (Å²) in [4.78, 5) is 14.9. The lowest BCUT2D eigenvalue weighted by Gasteiger charge is -2.30. The molecule has 7 heteroatoms. The molecule has 2 heterocycles. The molecule has 25 heavy (non-hydrogen) atoms. The maximum atomic E-state index is 12.5. The number of hydrogen-bond donors (Lipinski definition) is 1. The minimum absolute atomic E-state index is 0.0981. The number of amides is 1. The average Bonchev–Trinajstić information content (AvgIpc) is 2.62. The molecule has 0 saturated carbocycles. The molecular weight excluding hydrogens is 338 g/mol. The smallest absolute Gasteiger partial charge is 0.228 e. The van der Waals surface area contributed by atoms with Crippen molar-refractivity contribution in [2.45, 2.75) is 32.1 Å². The summed E-state index contributed by atoms with van der Waals surface area (Å²) in [5.41, 5.74) is 1.96. The number of carbonyl (C=O) groups excluding carboxylic acids is 1. The van der Waals surface area contributed by atoms with Gasteiger partial charge in [0.2, 0.25) is 15.9 Å². The lowest BCUT2D eigenvalue weighted by Crippen LogP contribution is -2.43. The number of sulfonamides is 1. The topological polar surface area (TPSA) is 69.7 Å². The highest BCUT2D eigenvalue weighted by atomic mass is 32.2. The quantitative estimate of drug-likeness (QED) is 0.889. The van der Waals surface area contributed by atoms with Gasteiger partial charge in [-0.15, -0.1) is 0 Å². The molecule has 3 rings (SSSR count). The molecule has 0 aliphatic carbocycles. The molecule has 2 aliphatic heterocycles. The Hall–Kier alpha value is -1.60. The Labute approximate surface area is 150 Å². The fourth-order valence-electron chi connectivity index (χ4n) is 3.61. The van der Waals surface area contributed by atoms with Crippen molar-refractivity contribution in [2.75, 3.05) is 42.7 Å². The van der Waals surface area contributed by atoms with Crippen molar-refractivity contribution in [3.05, 3.63) is 24.3 Å². The first kappa shape index (κ1) is 18.2. The lowest BCUT2D eigenvalue weighted by atomic mass is 9.98. The van der Waals surface area contributed by atoms with Crippen LogP contribution in [0.4, 0.5) is 11.4 Å². The van der Waals surface area contributed by atoms with Crippen LogP contribution in [0.3, 0.4) is 0 Å². The normalized spacial score (nSPS) is 22.6. The summed E-state index contributed by atoms with van der Waals surface area (Å²) in [5.74, 6) is -0.385. The lowest BCUT2D eigenvalue weighted by molar-refractivity contribution is -0.120. The van der Waals surface area contributed by atoms with Gasteiger partial charge in [-0.25, -0.2) is 12.7 Å². The van der Waals surface area contributed by atoms with E-state index in [1.54, 1.807) is 0 Å². The standard InChI is InChI=1S/C18H27N3O3S/c1-25(23,24)21-13-5-6-15(14-21)18(22)19-16-7-9-17(10-8-16)20-11-3-2-4-12-20/h7-10,15H,2-6,11-14H2,1H3,(H,19,22)/t15-/m1/s1. The molecule has 0 aromatic heterocycles. The fraction of sp³-hybridized carbons (Fsp3) is 0.611. The van der Waals surface area contributed by atoms with Gasteiger partial charge >= 0.3 is 0 Å². The third kappa shape index (κ3) is 4.73. The number of carbonyl (C=O) groups is 1. The van der Waals surface area contributed by atoms with E-state index >= 15 is 0 Å². The molecule has 1 N–H and O–H groups in total. The second-order valence-electron chi connectivity index (χ2n) is 7.04. The first-order valence-corrected chi connectivity index (χ1v) is 10.9. The molecule has 0 bridgehead atoms. The number of nitrogens with one attached hydrogen (secondary N) is 1. The Bertz CT molecular complexity index is 697. The molecule has 2 saturated heterocycles. The molecule has 138 valence electrons. The van der Waals surface area contributed by atoms with Crippen LogP contribution < -0.4 is 10.2 Å². The second-order valence-corrected chi connectivity index (χ2v) is 9.03. The Morgan fingerprint density at radius 3 is 2.36 bits per heavy atom. The van der Waals surface area contributed by atoms with E-state index in [4.69, 9.17) is 0 Å². The highest BCUT2D eigenvalue weighted by molar-refractivity contribution is 7.88. The van der Waals surface area contributed by atoms with E-state index in [0.29, 0.717) is 6.54 Å². The van der Waals surface area contributed by atoms with Crippen LogP contribution in [0.25, 0.3) is 0 Å². The van der Waals surface area contributed by atoms with Crippen molar-refractivity contribution >= 4 is 27.3 Å². The number of hydrogen-bond acceptors (Lipinski definition) is 4. The number of benzene rings is 1. The van der Waals surface area contributed by atoms with Gasteiger partial charge in [0.1, 0.15) is 0 Å². The molecule has 1 aromatic rings. The van der Waals surface area contributed by atoms with Crippen LogP contribution in [0.5, 0.6) is 0 Å². The molecule has 1 amide bonds. The van der Waals surface area contributed by atoms with Crippen molar-refractivity contribution in [1.82, 2.24) is 4.31 Å². The maximum absolute atomic E-state index is 12.5. The number of anilines is 2. The van der Waals surface area contributed by atoms with Gasteiger partial charge in [0, 0.05) is 37.6 Å². The summed E-state index contributed by atoms with van der Waals surface area (Å²) in [6.45, 7) is 2.97. The minimum atomic E-state index is -3.24. The second kappa shape index (κ2) is 7.74. The van der Waals surface area contributed by atoms with Crippen molar-refractivity contribution in [1.29, 1.82) is 0 Å². The number of nitrogens with zero attached hydrogens (tertiary/aromatic N) is 2. The monoisotopic (exact) mass is 365 g/mol. The van der Waals surface area contributed by atoms with Crippen molar-refractivity contribution in [3.8, 4) is 0 Å². The predicted molar refractivity (Wildman–Crippen MR) is 100 cm³/mol. The van der Waals surface area contributed by atoms with Crippen molar-refractivity contribution in [3.63, 3.8) is 0 Å². The van der Waals surface area contributed by atoms with Crippen LogP contribution >= 0.6 is 0 Å². The van der Waals surface area contributed by atoms with E-state index in [1.165, 1.54) is 35.5 Å². The van der Waals surface area contributed by atoms with Crippen LogP contribution in [0.1, 0.15) is 32.1 Å². The summed E-state index contributed by atoms with van der Waals surface area (Å²) in [5, 5.41) is 2.93. The summed E-state index contributed by atoms with van der Waals surface area (Å²) in [6.07, 6.45) is 6.42. The Balaban J connectivity index is 1.59. The summed E-state index contributed by atoms with van der Waals surface area (Å²) < 4.78 is 24.8. The van der Waals surface area contributed by atoms with Gasteiger partial charge in [-0.1, -0.05) is 0 Å². The van der Waals surface area contributed by atoms with E-state index in [2.05, 4.69) is 10.2 Å². The number of rotatable bonds is 4. The molecule has 6 nitrogen and oxygen atoms in total. The largest absolute Gasteiger partial charge is 0.372 e. The van der Waals surface area contributed by atoms with E-state index in [1.807, 2.05) is 24.3 Å². The molecule has 2 aliphatic rings. The summed E-state index contributed by atoms with van der Waals surface area (Å²) >= 11 is 0. The SMILES string of the molecule is CS(=O)(=O)N1CCC[C@@H](C(=O)Nc2ccc(N3CCCCC3)cc2)C1.